The van der Waals surface area contributed by atoms with E-state index in [1.54, 1.807) is 5.57 Å². The lowest BCUT2D eigenvalue weighted by Gasteiger charge is -2.20. The van der Waals surface area contributed by atoms with Gasteiger partial charge in [0, 0.05) is 11.8 Å². The molecule has 0 aliphatic heterocycles. The van der Waals surface area contributed by atoms with E-state index in [1.807, 2.05) is 0 Å². The van der Waals surface area contributed by atoms with Crippen molar-refractivity contribution in [1.82, 2.24) is 0 Å². The largest absolute Gasteiger partial charge is 0.126 e. The Hall–Kier alpha value is 0.320. The first-order valence-electron chi connectivity index (χ1n) is 4.19. The van der Waals surface area contributed by atoms with Gasteiger partial charge in [-0.2, -0.15) is 0 Å². The number of fused-ring (bicyclic) bond motifs is 2. The molecule has 0 unspecified atom stereocenters. The molecule has 2 rings (SSSR count). The number of rotatable bonds is 2. The van der Waals surface area contributed by atoms with Crippen LogP contribution in [-0.2, 0) is 0 Å². The van der Waals surface area contributed by atoms with E-state index in [0.29, 0.717) is 11.8 Å². The Morgan fingerprint density at radius 3 is 2.73 bits per heavy atom. The highest BCUT2D eigenvalue weighted by molar-refractivity contribution is 6.20. The van der Waals surface area contributed by atoms with E-state index in [0.717, 1.165) is 11.8 Å². The van der Waals surface area contributed by atoms with Crippen LogP contribution in [0.5, 0.6) is 0 Å². The van der Waals surface area contributed by atoms with Crippen LogP contribution in [0.25, 0.3) is 0 Å². The summed E-state index contributed by atoms with van der Waals surface area (Å²) in [5, 5.41) is 0. The standard InChI is InChI=1S/C9H12Cl2/c10-4-8-6-1-2-7(3-6)9(8)5-11/h6,8H,1-5H2/t6-,8-/m0/s1. The molecule has 0 aromatic carbocycles. The van der Waals surface area contributed by atoms with Crippen LogP contribution in [0.1, 0.15) is 19.3 Å². The predicted molar refractivity (Wildman–Crippen MR) is 49.3 cm³/mol. The Morgan fingerprint density at radius 2 is 2.18 bits per heavy atom. The molecule has 0 N–H and O–H groups in total. The fourth-order valence-corrected chi connectivity index (χ4v) is 3.30. The van der Waals surface area contributed by atoms with Crippen LogP contribution in [0, 0.1) is 11.8 Å². The molecule has 0 saturated heterocycles. The predicted octanol–water partition coefficient (Wildman–Crippen LogP) is 3.19. The van der Waals surface area contributed by atoms with Crippen molar-refractivity contribution in [3.63, 3.8) is 0 Å². The smallest absolute Gasteiger partial charge is 0.0439 e. The van der Waals surface area contributed by atoms with Crippen LogP contribution in [-0.4, -0.2) is 11.8 Å². The summed E-state index contributed by atoms with van der Waals surface area (Å²) in [4.78, 5) is 0. The van der Waals surface area contributed by atoms with Gasteiger partial charge in [0.25, 0.3) is 0 Å². The van der Waals surface area contributed by atoms with Gasteiger partial charge in [-0.3, -0.25) is 0 Å². The first-order chi connectivity index (χ1) is 5.36. The number of hydrogen-bond acceptors (Lipinski definition) is 0. The van der Waals surface area contributed by atoms with Crippen molar-refractivity contribution in [2.24, 2.45) is 11.8 Å². The molecule has 1 saturated carbocycles. The lowest BCUT2D eigenvalue weighted by molar-refractivity contribution is 0.439. The minimum atomic E-state index is 0.623. The minimum absolute atomic E-state index is 0.623. The van der Waals surface area contributed by atoms with Crippen molar-refractivity contribution in [3.8, 4) is 0 Å². The Balaban J connectivity index is 2.24. The normalized spacial score (nSPS) is 35.5. The Morgan fingerprint density at radius 1 is 1.36 bits per heavy atom. The van der Waals surface area contributed by atoms with Crippen LogP contribution >= 0.6 is 23.2 Å². The number of allylic oxidation sites excluding steroid dienone is 2. The lowest BCUT2D eigenvalue weighted by Crippen LogP contribution is -2.14. The average molecular weight is 191 g/mol. The van der Waals surface area contributed by atoms with Gasteiger partial charge in [0.1, 0.15) is 0 Å². The molecular formula is C9H12Cl2. The third-order valence-corrected chi connectivity index (χ3v) is 3.73. The van der Waals surface area contributed by atoms with Crippen molar-refractivity contribution in [2.45, 2.75) is 19.3 Å². The molecule has 0 spiro atoms. The molecule has 2 aliphatic rings. The molecule has 2 atom stereocenters. The Bertz CT molecular complexity index is 196. The van der Waals surface area contributed by atoms with E-state index in [1.165, 1.54) is 24.8 Å². The van der Waals surface area contributed by atoms with E-state index < -0.39 is 0 Å². The fraction of sp³-hybridized carbons (Fsp3) is 0.778. The first kappa shape index (κ1) is 7.94. The number of hydrogen-bond donors (Lipinski definition) is 0. The second-order valence-corrected chi connectivity index (χ2v) is 4.10. The Labute approximate surface area is 77.6 Å². The molecule has 1 fully saturated rings. The summed E-state index contributed by atoms with van der Waals surface area (Å²) in [6.45, 7) is 0. The van der Waals surface area contributed by atoms with Gasteiger partial charge in [0.05, 0.1) is 0 Å². The second kappa shape index (κ2) is 2.99. The zero-order valence-electron chi connectivity index (χ0n) is 6.45. The van der Waals surface area contributed by atoms with Gasteiger partial charge >= 0.3 is 0 Å². The topological polar surface area (TPSA) is 0 Å². The molecule has 11 heavy (non-hydrogen) atoms. The van der Waals surface area contributed by atoms with Gasteiger partial charge in [-0.05, 0) is 31.1 Å². The van der Waals surface area contributed by atoms with E-state index in [9.17, 15) is 0 Å². The van der Waals surface area contributed by atoms with E-state index in [2.05, 4.69) is 0 Å². The number of halogens is 2. The van der Waals surface area contributed by atoms with E-state index in [-0.39, 0.29) is 0 Å². The highest BCUT2D eigenvalue weighted by Gasteiger charge is 2.37. The third kappa shape index (κ3) is 1.11. The molecule has 0 aromatic rings. The molecule has 2 aliphatic carbocycles. The van der Waals surface area contributed by atoms with Gasteiger partial charge in [-0.1, -0.05) is 11.1 Å². The van der Waals surface area contributed by atoms with Gasteiger partial charge in [0.2, 0.25) is 0 Å². The van der Waals surface area contributed by atoms with Crippen LogP contribution in [0.3, 0.4) is 0 Å². The van der Waals surface area contributed by atoms with Crippen molar-refractivity contribution in [3.05, 3.63) is 11.1 Å². The van der Waals surface area contributed by atoms with Crippen molar-refractivity contribution >= 4 is 23.2 Å². The summed E-state index contributed by atoms with van der Waals surface area (Å²) in [5.41, 5.74) is 3.09. The zero-order valence-corrected chi connectivity index (χ0v) is 7.96. The number of alkyl halides is 2. The quantitative estimate of drug-likeness (QED) is 0.464. The summed E-state index contributed by atoms with van der Waals surface area (Å²) in [7, 11) is 0. The van der Waals surface area contributed by atoms with Crippen molar-refractivity contribution in [1.29, 1.82) is 0 Å². The summed E-state index contributed by atoms with van der Waals surface area (Å²) in [6.07, 6.45) is 3.94. The lowest BCUT2D eigenvalue weighted by atomic mass is 9.89. The summed E-state index contributed by atoms with van der Waals surface area (Å²) < 4.78 is 0. The molecule has 0 amide bonds. The molecule has 2 bridgehead atoms. The van der Waals surface area contributed by atoms with Crippen LogP contribution < -0.4 is 0 Å². The molecule has 0 nitrogen and oxygen atoms in total. The van der Waals surface area contributed by atoms with Crippen molar-refractivity contribution in [2.75, 3.05) is 11.8 Å². The Kier molecular flexibility index (Phi) is 2.16. The average Bonchev–Trinajstić information content (AvgIpc) is 2.60. The van der Waals surface area contributed by atoms with Gasteiger partial charge < -0.3 is 0 Å². The molecular weight excluding hydrogens is 179 g/mol. The molecule has 0 heterocycles. The molecule has 62 valence electrons. The maximum Gasteiger partial charge on any atom is 0.0439 e. The third-order valence-electron chi connectivity index (χ3n) is 3.11. The highest BCUT2D eigenvalue weighted by Crippen LogP contribution is 2.48. The van der Waals surface area contributed by atoms with Crippen molar-refractivity contribution < 1.29 is 0 Å². The highest BCUT2D eigenvalue weighted by atomic mass is 35.5. The van der Waals surface area contributed by atoms with Gasteiger partial charge in [0.15, 0.2) is 0 Å². The SMILES string of the molecule is ClCC1=C2CC[C@@H](C2)[C@@H]1CCl. The van der Waals surface area contributed by atoms with Crippen LogP contribution in [0.15, 0.2) is 11.1 Å². The monoisotopic (exact) mass is 190 g/mol. The minimum Gasteiger partial charge on any atom is -0.126 e. The van der Waals surface area contributed by atoms with Gasteiger partial charge in [-0.15, -0.1) is 23.2 Å². The summed E-state index contributed by atoms with van der Waals surface area (Å²) >= 11 is 11.7. The maximum absolute atomic E-state index is 5.88. The molecule has 2 heteroatoms. The molecule has 0 radical (unpaired) electrons. The van der Waals surface area contributed by atoms with Crippen LogP contribution in [0.2, 0.25) is 0 Å². The fourth-order valence-electron chi connectivity index (χ4n) is 2.47. The maximum atomic E-state index is 5.88. The zero-order chi connectivity index (χ0) is 7.84. The first-order valence-corrected chi connectivity index (χ1v) is 5.26. The van der Waals surface area contributed by atoms with E-state index in [4.69, 9.17) is 23.2 Å². The van der Waals surface area contributed by atoms with E-state index >= 15 is 0 Å². The second-order valence-electron chi connectivity index (χ2n) is 3.53. The summed E-state index contributed by atoms with van der Waals surface area (Å²) in [6, 6.07) is 0. The molecule has 0 aromatic heterocycles. The summed E-state index contributed by atoms with van der Waals surface area (Å²) in [5.74, 6) is 2.95. The van der Waals surface area contributed by atoms with Crippen LogP contribution in [0.4, 0.5) is 0 Å². The van der Waals surface area contributed by atoms with Gasteiger partial charge in [-0.25, -0.2) is 0 Å².